The van der Waals surface area contributed by atoms with Gasteiger partial charge in [0.15, 0.2) is 0 Å². The Labute approximate surface area is 61.3 Å². The lowest BCUT2D eigenvalue weighted by atomic mass is 9.92. The van der Waals surface area contributed by atoms with Gasteiger partial charge in [-0.15, -0.1) is 0 Å². The first-order valence-corrected chi connectivity index (χ1v) is 3.71. The fourth-order valence-corrected chi connectivity index (χ4v) is 1.58. The van der Waals surface area contributed by atoms with Gasteiger partial charge in [0.1, 0.15) is 0 Å². The number of hydrogen-bond acceptors (Lipinski definition) is 2. The van der Waals surface area contributed by atoms with Crippen LogP contribution in [-0.4, -0.2) is 12.1 Å². The molecule has 0 amide bonds. The van der Waals surface area contributed by atoms with Crippen molar-refractivity contribution in [2.24, 2.45) is 10.4 Å². The van der Waals surface area contributed by atoms with Crippen LogP contribution in [0.1, 0.15) is 33.1 Å². The zero-order valence-corrected chi connectivity index (χ0v) is 6.55. The zero-order chi connectivity index (χ0) is 7.61. The molecule has 0 aromatic heterocycles. The predicted molar refractivity (Wildman–Crippen MR) is 39.5 cm³/mol. The van der Waals surface area contributed by atoms with Crippen molar-refractivity contribution in [3.8, 4) is 0 Å². The van der Waals surface area contributed by atoms with E-state index in [9.17, 15) is 4.79 Å². The van der Waals surface area contributed by atoms with E-state index in [-0.39, 0.29) is 6.04 Å². The van der Waals surface area contributed by atoms with Crippen LogP contribution in [0, 0.1) is 5.41 Å². The van der Waals surface area contributed by atoms with E-state index in [1.807, 2.05) is 0 Å². The summed E-state index contributed by atoms with van der Waals surface area (Å²) in [7, 11) is 0. The monoisotopic (exact) mass is 139 g/mol. The molecule has 0 aliphatic heterocycles. The van der Waals surface area contributed by atoms with Gasteiger partial charge in [-0.2, -0.15) is 0 Å². The number of hydrogen-bond donors (Lipinski definition) is 0. The molecule has 0 N–H and O–H groups in total. The van der Waals surface area contributed by atoms with Crippen molar-refractivity contribution in [2.75, 3.05) is 0 Å². The van der Waals surface area contributed by atoms with Crippen LogP contribution in [0.2, 0.25) is 0 Å². The molecule has 56 valence electrons. The molecular formula is C8H13NO. The topological polar surface area (TPSA) is 29.4 Å². The van der Waals surface area contributed by atoms with E-state index in [0.717, 1.165) is 12.8 Å². The van der Waals surface area contributed by atoms with E-state index in [1.165, 1.54) is 6.42 Å². The van der Waals surface area contributed by atoms with Crippen LogP contribution >= 0.6 is 0 Å². The second kappa shape index (κ2) is 2.55. The molecule has 1 aliphatic carbocycles. The van der Waals surface area contributed by atoms with Gasteiger partial charge in [-0.3, -0.25) is 0 Å². The van der Waals surface area contributed by atoms with E-state index in [4.69, 9.17) is 0 Å². The third-order valence-electron chi connectivity index (χ3n) is 2.18. The molecular weight excluding hydrogens is 126 g/mol. The molecule has 0 aromatic rings. The van der Waals surface area contributed by atoms with Crippen molar-refractivity contribution in [1.82, 2.24) is 0 Å². The molecule has 1 fully saturated rings. The number of carbonyl (C=O) groups excluding carboxylic acids is 1. The lowest BCUT2D eigenvalue weighted by Gasteiger charge is -2.14. The normalized spacial score (nSPS) is 29.6. The van der Waals surface area contributed by atoms with E-state index < -0.39 is 0 Å². The molecule has 0 saturated heterocycles. The van der Waals surface area contributed by atoms with Crippen LogP contribution in [-0.2, 0) is 4.79 Å². The third kappa shape index (κ3) is 1.68. The molecule has 0 radical (unpaired) electrons. The quantitative estimate of drug-likeness (QED) is 0.403. The summed E-state index contributed by atoms with van der Waals surface area (Å²) in [5.74, 6) is 0. The first-order valence-electron chi connectivity index (χ1n) is 3.71. The van der Waals surface area contributed by atoms with Crippen LogP contribution in [0.5, 0.6) is 0 Å². The largest absolute Gasteiger partial charge is 0.235 e. The van der Waals surface area contributed by atoms with Gasteiger partial charge in [0.05, 0.1) is 6.04 Å². The molecule has 10 heavy (non-hydrogen) atoms. The second-order valence-corrected chi connectivity index (χ2v) is 3.78. The first kappa shape index (κ1) is 7.49. The van der Waals surface area contributed by atoms with Gasteiger partial charge >= 0.3 is 0 Å². The highest BCUT2D eigenvalue weighted by Crippen LogP contribution is 2.38. The first-order chi connectivity index (χ1) is 4.64. The van der Waals surface area contributed by atoms with Crippen LogP contribution in [0.3, 0.4) is 0 Å². The fourth-order valence-electron chi connectivity index (χ4n) is 1.58. The molecule has 0 aromatic carbocycles. The Morgan fingerprint density at radius 2 is 2.30 bits per heavy atom. The number of rotatable bonds is 1. The second-order valence-electron chi connectivity index (χ2n) is 3.78. The third-order valence-corrected chi connectivity index (χ3v) is 2.18. The smallest absolute Gasteiger partial charge is 0.211 e. The van der Waals surface area contributed by atoms with Crippen LogP contribution < -0.4 is 0 Å². The Kier molecular flexibility index (Phi) is 1.91. The van der Waals surface area contributed by atoms with E-state index in [2.05, 4.69) is 18.8 Å². The molecule has 1 saturated carbocycles. The minimum absolute atomic E-state index is 0.257. The maximum atomic E-state index is 9.88. The van der Waals surface area contributed by atoms with E-state index >= 15 is 0 Å². The highest BCUT2D eigenvalue weighted by molar-refractivity contribution is 5.33. The lowest BCUT2D eigenvalue weighted by molar-refractivity contribution is 0.376. The average molecular weight is 139 g/mol. The number of isocyanates is 1. The SMILES string of the molecule is CC1(C)CCC(N=C=O)C1. The fraction of sp³-hybridized carbons (Fsp3) is 0.875. The molecule has 2 heteroatoms. The Morgan fingerprint density at radius 1 is 1.60 bits per heavy atom. The van der Waals surface area contributed by atoms with Crippen LogP contribution in [0.4, 0.5) is 0 Å². The standard InChI is InChI=1S/C8H13NO/c1-8(2)4-3-7(5-8)9-6-10/h7H,3-5H2,1-2H3. The summed E-state index contributed by atoms with van der Waals surface area (Å²) in [5.41, 5.74) is 0.394. The highest BCUT2D eigenvalue weighted by Gasteiger charge is 2.30. The highest BCUT2D eigenvalue weighted by atomic mass is 16.1. The van der Waals surface area contributed by atoms with Crippen molar-refractivity contribution in [3.63, 3.8) is 0 Å². The van der Waals surface area contributed by atoms with Crippen molar-refractivity contribution in [2.45, 2.75) is 39.2 Å². The molecule has 1 atom stereocenters. The van der Waals surface area contributed by atoms with E-state index in [0.29, 0.717) is 5.41 Å². The molecule has 1 aliphatic rings. The minimum Gasteiger partial charge on any atom is -0.211 e. The Bertz CT molecular complexity index is 168. The zero-order valence-electron chi connectivity index (χ0n) is 6.55. The molecule has 1 unspecified atom stereocenters. The lowest BCUT2D eigenvalue weighted by Crippen LogP contribution is -2.06. The molecule has 0 spiro atoms. The Morgan fingerprint density at radius 3 is 2.70 bits per heavy atom. The summed E-state index contributed by atoms with van der Waals surface area (Å²) >= 11 is 0. The predicted octanol–water partition coefficient (Wildman–Crippen LogP) is 1.90. The van der Waals surface area contributed by atoms with Gasteiger partial charge in [-0.05, 0) is 24.7 Å². The molecule has 2 nitrogen and oxygen atoms in total. The van der Waals surface area contributed by atoms with E-state index in [1.54, 1.807) is 6.08 Å². The van der Waals surface area contributed by atoms with Gasteiger partial charge in [-0.1, -0.05) is 13.8 Å². The van der Waals surface area contributed by atoms with Crippen molar-refractivity contribution in [3.05, 3.63) is 0 Å². The summed E-state index contributed by atoms with van der Waals surface area (Å²) in [5, 5.41) is 0. The summed E-state index contributed by atoms with van der Waals surface area (Å²) in [4.78, 5) is 13.6. The van der Waals surface area contributed by atoms with Gasteiger partial charge in [0, 0.05) is 0 Å². The minimum atomic E-state index is 0.257. The van der Waals surface area contributed by atoms with Gasteiger partial charge in [-0.25, -0.2) is 9.79 Å². The van der Waals surface area contributed by atoms with Crippen LogP contribution in [0.25, 0.3) is 0 Å². The van der Waals surface area contributed by atoms with Gasteiger partial charge < -0.3 is 0 Å². The van der Waals surface area contributed by atoms with Gasteiger partial charge in [0.25, 0.3) is 0 Å². The number of aliphatic imine (C=N–C) groups is 1. The van der Waals surface area contributed by atoms with Crippen molar-refractivity contribution < 1.29 is 4.79 Å². The Balaban J connectivity index is 2.51. The summed E-state index contributed by atoms with van der Waals surface area (Å²) in [6, 6.07) is 0.257. The maximum Gasteiger partial charge on any atom is 0.235 e. The van der Waals surface area contributed by atoms with Gasteiger partial charge in [0.2, 0.25) is 6.08 Å². The molecule has 1 rings (SSSR count). The average Bonchev–Trinajstić information content (AvgIpc) is 2.12. The Hall–Kier alpha value is -0.620. The summed E-state index contributed by atoms with van der Waals surface area (Å²) in [6.07, 6.45) is 4.91. The van der Waals surface area contributed by atoms with Crippen molar-refractivity contribution in [1.29, 1.82) is 0 Å². The van der Waals surface area contributed by atoms with Crippen LogP contribution in [0.15, 0.2) is 4.99 Å². The molecule has 0 heterocycles. The summed E-state index contributed by atoms with van der Waals surface area (Å²) < 4.78 is 0. The number of nitrogens with zero attached hydrogens (tertiary/aromatic N) is 1. The maximum absolute atomic E-state index is 9.88. The van der Waals surface area contributed by atoms with Crippen molar-refractivity contribution >= 4 is 6.08 Å². The summed E-state index contributed by atoms with van der Waals surface area (Å²) in [6.45, 7) is 4.43. The molecule has 0 bridgehead atoms.